The van der Waals surface area contributed by atoms with Crippen molar-refractivity contribution in [3.63, 3.8) is 0 Å². The Bertz CT molecular complexity index is 572. The molecule has 2 rings (SSSR count). The van der Waals surface area contributed by atoms with E-state index < -0.39 is 52.2 Å². The minimum Gasteiger partial charge on any atom is -0.221 e. The largest absolute Gasteiger partial charge is 0.433 e. The van der Waals surface area contributed by atoms with Crippen LogP contribution in [0.3, 0.4) is 0 Å². The fraction of sp³-hybridized carbons (Fsp3) is 0.333. The van der Waals surface area contributed by atoms with E-state index in [0.29, 0.717) is 0 Å². The summed E-state index contributed by atoms with van der Waals surface area (Å²) in [5.41, 5.74) is -10.6. The molecule has 0 unspecified atom stereocenters. The van der Waals surface area contributed by atoms with Gasteiger partial charge >= 0.3 is 17.8 Å². The quantitative estimate of drug-likeness (QED) is 0.385. The second-order valence-corrected chi connectivity index (χ2v) is 3.74. The lowest BCUT2D eigenvalue weighted by Crippen LogP contribution is -2.60. The molecule has 19 heavy (non-hydrogen) atoms. The molecule has 0 saturated carbocycles. The van der Waals surface area contributed by atoms with Gasteiger partial charge in [-0.3, -0.25) is 0 Å². The van der Waals surface area contributed by atoms with Gasteiger partial charge in [0.1, 0.15) is 0 Å². The number of halogens is 10. The average Bonchev–Trinajstić information content (AvgIpc) is 2.27. The van der Waals surface area contributed by atoms with Crippen LogP contribution in [0.1, 0.15) is 11.1 Å². The van der Waals surface area contributed by atoms with Crippen LogP contribution in [0, 0.1) is 23.3 Å². The molecule has 10 heteroatoms. The summed E-state index contributed by atoms with van der Waals surface area (Å²) in [7, 11) is 0. The molecule has 0 N–H and O–H groups in total. The molecular weight excluding hydrogens is 298 g/mol. The SMILES string of the molecule is Fc1c(F)c(F)c2c(c1F)C(F)(F)[C@@]2(F)C(F)(F)F. The summed E-state index contributed by atoms with van der Waals surface area (Å²) in [6, 6.07) is 0. The standard InChI is InChI=1S/C9F10/c10-3-1-2(4(11)6(13)5(3)12)8(15,16)7(1,14)9(17,18)19/t7-/m1/s1. The van der Waals surface area contributed by atoms with Gasteiger partial charge in [0, 0.05) is 0 Å². The average molecular weight is 298 g/mol. The van der Waals surface area contributed by atoms with Crippen LogP contribution < -0.4 is 0 Å². The number of fused-ring (bicyclic) bond motifs is 1. The van der Waals surface area contributed by atoms with Crippen molar-refractivity contribution < 1.29 is 43.9 Å². The molecular formula is C9F10. The third kappa shape index (κ3) is 1.26. The molecule has 106 valence electrons. The summed E-state index contributed by atoms with van der Waals surface area (Å²) >= 11 is 0. The first-order valence-corrected chi connectivity index (χ1v) is 4.39. The summed E-state index contributed by atoms with van der Waals surface area (Å²) in [6.07, 6.45) is -6.33. The second-order valence-electron chi connectivity index (χ2n) is 3.74. The van der Waals surface area contributed by atoms with Crippen LogP contribution >= 0.6 is 0 Å². The van der Waals surface area contributed by atoms with Crippen molar-refractivity contribution in [1.29, 1.82) is 0 Å². The summed E-state index contributed by atoms with van der Waals surface area (Å²) in [6.45, 7) is 0. The van der Waals surface area contributed by atoms with E-state index in [1.807, 2.05) is 0 Å². The van der Waals surface area contributed by atoms with E-state index in [9.17, 15) is 43.9 Å². The molecule has 1 aromatic rings. The number of rotatable bonds is 0. The predicted molar refractivity (Wildman–Crippen MR) is 39.0 cm³/mol. The molecule has 0 fully saturated rings. The van der Waals surface area contributed by atoms with Gasteiger partial charge in [0.25, 0.3) is 0 Å². The van der Waals surface area contributed by atoms with Gasteiger partial charge < -0.3 is 0 Å². The Kier molecular flexibility index (Phi) is 2.45. The summed E-state index contributed by atoms with van der Waals surface area (Å²) in [5, 5.41) is 0. The number of hydrogen-bond acceptors (Lipinski definition) is 0. The maximum atomic E-state index is 13.4. The molecule has 1 aromatic carbocycles. The van der Waals surface area contributed by atoms with Gasteiger partial charge in [-0.25, -0.2) is 22.0 Å². The monoisotopic (exact) mass is 298 g/mol. The lowest BCUT2D eigenvalue weighted by Gasteiger charge is -2.45. The van der Waals surface area contributed by atoms with E-state index >= 15 is 0 Å². The summed E-state index contributed by atoms with van der Waals surface area (Å²) < 4.78 is 127. The Hall–Kier alpha value is -1.48. The molecule has 1 atom stereocenters. The smallest absolute Gasteiger partial charge is 0.221 e. The zero-order valence-electron chi connectivity index (χ0n) is 8.28. The maximum absolute atomic E-state index is 13.4. The minimum atomic E-state index is -6.33. The Labute approximate surface area is 97.2 Å². The van der Waals surface area contributed by atoms with Gasteiger partial charge in [0.15, 0.2) is 23.3 Å². The first-order valence-electron chi connectivity index (χ1n) is 4.39. The van der Waals surface area contributed by atoms with Gasteiger partial charge in [-0.05, 0) is 0 Å². The Morgan fingerprint density at radius 3 is 1.37 bits per heavy atom. The normalized spacial score (nSPS) is 24.9. The zero-order chi connectivity index (χ0) is 15.0. The van der Waals surface area contributed by atoms with E-state index in [2.05, 4.69) is 0 Å². The Morgan fingerprint density at radius 2 is 1.00 bits per heavy atom. The van der Waals surface area contributed by atoms with Crippen molar-refractivity contribution >= 4 is 0 Å². The van der Waals surface area contributed by atoms with Crippen LogP contribution in [-0.4, -0.2) is 6.18 Å². The van der Waals surface area contributed by atoms with Crippen molar-refractivity contribution in [2.75, 3.05) is 0 Å². The predicted octanol–water partition coefficient (Wildman–Crippen LogP) is 4.08. The van der Waals surface area contributed by atoms with Crippen molar-refractivity contribution in [2.45, 2.75) is 17.8 Å². The van der Waals surface area contributed by atoms with E-state index in [1.165, 1.54) is 0 Å². The van der Waals surface area contributed by atoms with Crippen LogP contribution in [0.15, 0.2) is 0 Å². The molecule has 0 bridgehead atoms. The lowest BCUT2D eigenvalue weighted by atomic mass is 9.69. The fourth-order valence-electron chi connectivity index (χ4n) is 1.84. The molecule has 1 aliphatic rings. The molecule has 0 aliphatic heterocycles. The molecule has 0 aromatic heterocycles. The van der Waals surface area contributed by atoms with Crippen LogP contribution in [0.5, 0.6) is 0 Å². The van der Waals surface area contributed by atoms with Gasteiger partial charge in [0.05, 0.1) is 11.1 Å². The van der Waals surface area contributed by atoms with E-state index in [1.54, 1.807) is 0 Å². The van der Waals surface area contributed by atoms with Gasteiger partial charge in [-0.15, -0.1) is 0 Å². The van der Waals surface area contributed by atoms with Crippen LogP contribution in [0.2, 0.25) is 0 Å². The Balaban J connectivity index is 2.91. The molecule has 0 radical (unpaired) electrons. The topological polar surface area (TPSA) is 0 Å². The van der Waals surface area contributed by atoms with E-state index in [-0.39, 0.29) is 0 Å². The maximum Gasteiger partial charge on any atom is 0.433 e. The van der Waals surface area contributed by atoms with Crippen molar-refractivity contribution in [1.82, 2.24) is 0 Å². The lowest BCUT2D eigenvalue weighted by molar-refractivity contribution is -0.336. The molecule has 0 heterocycles. The van der Waals surface area contributed by atoms with Gasteiger partial charge in [-0.1, -0.05) is 0 Å². The molecule has 1 aliphatic carbocycles. The number of benzene rings is 1. The highest BCUT2D eigenvalue weighted by Crippen LogP contribution is 2.67. The second kappa shape index (κ2) is 3.34. The van der Waals surface area contributed by atoms with Crippen LogP contribution in [-0.2, 0) is 11.6 Å². The van der Waals surface area contributed by atoms with Gasteiger partial charge in [-0.2, -0.15) is 22.0 Å². The molecule has 0 saturated heterocycles. The highest BCUT2D eigenvalue weighted by atomic mass is 19.4. The van der Waals surface area contributed by atoms with E-state index in [0.717, 1.165) is 0 Å². The highest BCUT2D eigenvalue weighted by Gasteiger charge is 2.83. The van der Waals surface area contributed by atoms with Crippen molar-refractivity contribution in [2.24, 2.45) is 0 Å². The summed E-state index contributed by atoms with van der Waals surface area (Å²) in [4.78, 5) is 0. The van der Waals surface area contributed by atoms with E-state index in [4.69, 9.17) is 0 Å². The Morgan fingerprint density at radius 1 is 0.632 bits per heavy atom. The fourth-order valence-corrected chi connectivity index (χ4v) is 1.84. The minimum absolute atomic E-state index is 2.47. The molecule has 0 nitrogen and oxygen atoms in total. The highest BCUT2D eigenvalue weighted by molar-refractivity contribution is 5.52. The number of hydrogen-bond donors (Lipinski definition) is 0. The van der Waals surface area contributed by atoms with Crippen LogP contribution in [0.4, 0.5) is 43.9 Å². The zero-order valence-corrected chi connectivity index (χ0v) is 8.28. The van der Waals surface area contributed by atoms with Crippen LogP contribution in [0.25, 0.3) is 0 Å². The molecule has 0 amide bonds. The first kappa shape index (κ1) is 13.9. The third-order valence-electron chi connectivity index (χ3n) is 2.75. The third-order valence-corrected chi connectivity index (χ3v) is 2.75. The van der Waals surface area contributed by atoms with Crippen molar-refractivity contribution in [3.05, 3.63) is 34.4 Å². The van der Waals surface area contributed by atoms with Crippen molar-refractivity contribution in [3.8, 4) is 0 Å². The first-order chi connectivity index (χ1) is 8.39. The van der Waals surface area contributed by atoms with Gasteiger partial charge in [0.2, 0.25) is 0 Å². The summed E-state index contributed by atoms with van der Waals surface area (Å²) in [5.74, 6) is -16.7. The number of alkyl halides is 6. The molecule has 0 spiro atoms.